The molecule has 0 unspecified atom stereocenters. The Balaban J connectivity index is 1.43. The zero-order chi connectivity index (χ0) is 23.9. The third-order valence-electron chi connectivity index (χ3n) is 5.85. The SMILES string of the molecule is COc1cc(/C=N/NC(=O)CSc2nnc(-c3ccc(C)cc3)n2C2CCCCC2)ccc1O. The number of aromatic hydroxyl groups is 1. The van der Waals surface area contributed by atoms with Gasteiger partial charge in [0, 0.05) is 11.6 Å². The van der Waals surface area contributed by atoms with Crippen LogP contribution < -0.4 is 10.2 Å². The predicted octanol–water partition coefficient (Wildman–Crippen LogP) is 4.72. The molecule has 1 aliphatic carbocycles. The third-order valence-corrected chi connectivity index (χ3v) is 6.80. The van der Waals surface area contributed by atoms with Crippen molar-refractivity contribution >= 4 is 23.9 Å². The van der Waals surface area contributed by atoms with Gasteiger partial charge >= 0.3 is 0 Å². The van der Waals surface area contributed by atoms with Crippen molar-refractivity contribution in [3.8, 4) is 22.9 Å². The van der Waals surface area contributed by atoms with Crippen LogP contribution in [0.1, 0.15) is 49.3 Å². The molecule has 2 N–H and O–H groups in total. The van der Waals surface area contributed by atoms with E-state index in [0.717, 1.165) is 29.4 Å². The molecule has 0 bridgehead atoms. The molecule has 1 heterocycles. The second kappa shape index (κ2) is 11.2. The average Bonchev–Trinajstić information content (AvgIpc) is 3.28. The maximum atomic E-state index is 12.4. The van der Waals surface area contributed by atoms with Crippen LogP contribution in [-0.2, 0) is 4.79 Å². The van der Waals surface area contributed by atoms with E-state index in [4.69, 9.17) is 4.74 Å². The van der Waals surface area contributed by atoms with Crippen molar-refractivity contribution in [1.82, 2.24) is 20.2 Å². The standard InChI is InChI=1S/C25H29N5O3S/c1-17-8-11-19(12-9-17)24-28-29-25(30(24)20-6-4-3-5-7-20)34-16-23(32)27-26-15-18-10-13-21(31)22(14-18)33-2/h8-15,20,31H,3-7,16H2,1-2H3,(H,27,32)/b26-15+. The van der Waals surface area contributed by atoms with Gasteiger partial charge in [-0.3, -0.25) is 9.36 Å². The van der Waals surface area contributed by atoms with E-state index in [9.17, 15) is 9.90 Å². The number of hydrogen-bond acceptors (Lipinski definition) is 7. The van der Waals surface area contributed by atoms with Gasteiger partial charge in [0.15, 0.2) is 22.5 Å². The van der Waals surface area contributed by atoms with E-state index in [1.807, 2.05) is 0 Å². The molecule has 1 fully saturated rings. The maximum absolute atomic E-state index is 12.4. The fraction of sp³-hybridized carbons (Fsp3) is 0.360. The Bertz CT molecular complexity index is 1150. The van der Waals surface area contributed by atoms with Crippen LogP contribution in [0.5, 0.6) is 11.5 Å². The van der Waals surface area contributed by atoms with E-state index < -0.39 is 0 Å². The Hall–Kier alpha value is -3.33. The fourth-order valence-electron chi connectivity index (χ4n) is 4.06. The number of aryl methyl sites for hydroxylation is 1. The minimum atomic E-state index is -0.234. The van der Waals surface area contributed by atoms with Gasteiger partial charge in [0.2, 0.25) is 0 Å². The summed E-state index contributed by atoms with van der Waals surface area (Å²) in [5.41, 5.74) is 5.48. The van der Waals surface area contributed by atoms with Gasteiger partial charge in [0.05, 0.1) is 19.1 Å². The summed E-state index contributed by atoms with van der Waals surface area (Å²) in [5.74, 6) is 1.19. The Labute approximate surface area is 203 Å². The molecule has 1 saturated carbocycles. The molecule has 0 atom stereocenters. The van der Waals surface area contributed by atoms with Crippen molar-refractivity contribution in [1.29, 1.82) is 0 Å². The molecule has 0 saturated heterocycles. The average molecular weight is 480 g/mol. The number of phenolic OH excluding ortho intramolecular Hbond substituents is 1. The molecule has 34 heavy (non-hydrogen) atoms. The van der Waals surface area contributed by atoms with E-state index in [0.29, 0.717) is 17.4 Å². The molecule has 1 amide bonds. The van der Waals surface area contributed by atoms with Gasteiger partial charge in [0.25, 0.3) is 5.91 Å². The van der Waals surface area contributed by atoms with Crippen LogP contribution in [-0.4, -0.2) is 44.9 Å². The maximum Gasteiger partial charge on any atom is 0.250 e. The molecule has 0 spiro atoms. The smallest absolute Gasteiger partial charge is 0.250 e. The molecular weight excluding hydrogens is 450 g/mol. The highest BCUT2D eigenvalue weighted by Crippen LogP contribution is 2.35. The quantitative estimate of drug-likeness (QED) is 0.275. The molecular formula is C25H29N5O3S. The van der Waals surface area contributed by atoms with Crippen LogP contribution >= 0.6 is 11.8 Å². The number of benzene rings is 2. The highest BCUT2D eigenvalue weighted by atomic mass is 32.2. The van der Waals surface area contributed by atoms with Crippen molar-refractivity contribution in [2.45, 2.75) is 50.2 Å². The minimum absolute atomic E-state index is 0.0483. The summed E-state index contributed by atoms with van der Waals surface area (Å²) in [6.45, 7) is 2.07. The second-order valence-electron chi connectivity index (χ2n) is 8.35. The summed E-state index contributed by atoms with van der Waals surface area (Å²) < 4.78 is 7.30. The summed E-state index contributed by atoms with van der Waals surface area (Å²) in [5, 5.41) is 23.4. The highest BCUT2D eigenvalue weighted by Gasteiger charge is 2.24. The van der Waals surface area contributed by atoms with Crippen molar-refractivity contribution in [3.05, 3.63) is 53.6 Å². The number of carbonyl (C=O) groups is 1. The molecule has 3 aromatic rings. The summed E-state index contributed by atoms with van der Waals surface area (Å²) in [4.78, 5) is 12.4. The van der Waals surface area contributed by atoms with E-state index in [-0.39, 0.29) is 17.4 Å². The number of ether oxygens (including phenoxy) is 1. The molecule has 178 valence electrons. The molecule has 1 aromatic heterocycles. The fourth-order valence-corrected chi connectivity index (χ4v) is 4.86. The number of thioether (sulfide) groups is 1. The van der Waals surface area contributed by atoms with Gasteiger partial charge in [0.1, 0.15) is 0 Å². The number of hydrogen-bond donors (Lipinski definition) is 2. The number of carbonyl (C=O) groups excluding carboxylic acids is 1. The van der Waals surface area contributed by atoms with Crippen molar-refractivity contribution in [2.75, 3.05) is 12.9 Å². The van der Waals surface area contributed by atoms with Crippen LogP contribution in [0, 0.1) is 6.92 Å². The zero-order valence-corrected chi connectivity index (χ0v) is 20.2. The Morgan fingerprint density at radius 2 is 1.97 bits per heavy atom. The van der Waals surface area contributed by atoms with Gasteiger partial charge in [-0.2, -0.15) is 5.10 Å². The number of nitrogens with one attached hydrogen (secondary N) is 1. The summed E-state index contributed by atoms with van der Waals surface area (Å²) in [7, 11) is 1.48. The van der Waals surface area contributed by atoms with E-state index in [1.54, 1.807) is 12.1 Å². The van der Waals surface area contributed by atoms with Crippen LogP contribution in [0.25, 0.3) is 11.4 Å². The lowest BCUT2D eigenvalue weighted by Crippen LogP contribution is -2.20. The number of rotatable bonds is 8. The number of methoxy groups -OCH3 is 1. The number of aromatic nitrogens is 3. The third kappa shape index (κ3) is 5.77. The van der Waals surface area contributed by atoms with Crippen LogP contribution in [0.4, 0.5) is 0 Å². The molecule has 0 aliphatic heterocycles. The lowest BCUT2D eigenvalue weighted by atomic mass is 9.95. The number of hydrazone groups is 1. The van der Waals surface area contributed by atoms with Crippen molar-refractivity contribution in [2.24, 2.45) is 5.10 Å². The van der Waals surface area contributed by atoms with Gasteiger partial charge in [-0.1, -0.05) is 60.9 Å². The van der Waals surface area contributed by atoms with E-state index in [2.05, 4.69) is 56.5 Å². The molecule has 1 aliphatic rings. The summed E-state index contributed by atoms with van der Waals surface area (Å²) in [6, 6.07) is 13.5. The first-order valence-electron chi connectivity index (χ1n) is 11.4. The number of phenols is 1. The van der Waals surface area contributed by atoms with Gasteiger partial charge < -0.3 is 9.84 Å². The summed E-state index contributed by atoms with van der Waals surface area (Å²) >= 11 is 1.37. The Morgan fingerprint density at radius 3 is 2.71 bits per heavy atom. The van der Waals surface area contributed by atoms with Gasteiger partial charge in [-0.15, -0.1) is 10.2 Å². The zero-order valence-electron chi connectivity index (χ0n) is 19.4. The molecule has 0 radical (unpaired) electrons. The Kier molecular flexibility index (Phi) is 7.84. The second-order valence-corrected chi connectivity index (χ2v) is 9.29. The number of nitrogens with zero attached hydrogens (tertiary/aromatic N) is 4. The first-order chi connectivity index (χ1) is 16.5. The monoisotopic (exact) mass is 479 g/mol. The van der Waals surface area contributed by atoms with E-state index >= 15 is 0 Å². The highest BCUT2D eigenvalue weighted by molar-refractivity contribution is 7.99. The molecule has 2 aromatic carbocycles. The van der Waals surface area contributed by atoms with Crippen LogP contribution in [0.2, 0.25) is 0 Å². The summed E-state index contributed by atoms with van der Waals surface area (Å²) in [6.07, 6.45) is 7.34. The topological polar surface area (TPSA) is 102 Å². The first kappa shape index (κ1) is 23.8. The normalized spacial score (nSPS) is 14.4. The van der Waals surface area contributed by atoms with Crippen LogP contribution in [0.15, 0.2) is 52.7 Å². The van der Waals surface area contributed by atoms with Crippen LogP contribution in [0.3, 0.4) is 0 Å². The lowest BCUT2D eigenvalue weighted by molar-refractivity contribution is -0.118. The van der Waals surface area contributed by atoms with Crippen molar-refractivity contribution in [3.63, 3.8) is 0 Å². The Morgan fingerprint density at radius 1 is 1.21 bits per heavy atom. The largest absolute Gasteiger partial charge is 0.504 e. The minimum Gasteiger partial charge on any atom is -0.504 e. The molecule has 9 heteroatoms. The number of amides is 1. The molecule has 8 nitrogen and oxygen atoms in total. The molecule has 4 rings (SSSR count). The first-order valence-corrected chi connectivity index (χ1v) is 12.4. The van der Waals surface area contributed by atoms with E-state index in [1.165, 1.54) is 56.0 Å². The van der Waals surface area contributed by atoms with Gasteiger partial charge in [-0.25, -0.2) is 5.43 Å². The van der Waals surface area contributed by atoms with Crippen molar-refractivity contribution < 1.29 is 14.6 Å². The predicted molar refractivity (Wildman–Crippen MR) is 133 cm³/mol. The van der Waals surface area contributed by atoms with Gasteiger partial charge in [-0.05, 0) is 43.5 Å². The lowest BCUT2D eigenvalue weighted by Gasteiger charge is -2.25.